The highest BCUT2D eigenvalue weighted by molar-refractivity contribution is 7.71. The third kappa shape index (κ3) is 4.14. The number of nitrogens with one attached hydrogen (secondary N) is 1. The van der Waals surface area contributed by atoms with Gasteiger partial charge in [-0.05, 0) is 35.3 Å². The van der Waals surface area contributed by atoms with E-state index in [4.69, 9.17) is 21.7 Å². The van der Waals surface area contributed by atoms with E-state index in [0.717, 1.165) is 11.1 Å². The van der Waals surface area contributed by atoms with Gasteiger partial charge in [0.15, 0.2) is 5.82 Å². The van der Waals surface area contributed by atoms with Gasteiger partial charge in [0.2, 0.25) is 4.77 Å². The van der Waals surface area contributed by atoms with Gasteiger partial charge < -0.3 is 9.47 Å². The Balaban J connectivity index is 1.96. The van der Waals surface area contributed by atoms with Crippen molar-refractivity contribution in [3.05, 3.63) is 58.4 Å². The molecule has 2 aromatic carbocycles. The summed E-state index contributed by atoms with van der Waals surface area (Å²) in [6, 6.07) is 13.8. The first kappa shape index (κ1) is 19.8. The molecule has 0 unspecified atom stereocenters. The maximum absolute atomic E-state index is 5.42. The quantitative estimate of drug-likeness (QED) is 0.497. The molecule has 0 fully saturated rings. The van der Waals surface area contributed by atoms with Crippen LogP contribution in [0.15, 0.2) is 47.6 Å². The lowest BCUT2D eigenvalue weighted by molar-refractivity contribution is 0.394. The Hall–Kier alpha value is -2.93. The maximum atomic E-state index is 5.42. The fraction of sp³-hybridized carbons (Fsp3) is 0.286. The van der Waals surface area contributed by atoms with E-state index < -0.39 is 0 Å². The Bertz CT molecular complexity index is 1040. The lowest BCUT2D eigenvalue weighted by Crippen LogP contribution is -2.10. The minimum Gasteiger partial charge on any atom is -0.497 e. The second-order valence-corrected chi connectivity index (χ2v) is 7.73. The van der Waals surface area contributed by atoms with E-state index in [-0.39, 0.29) is 5.41 Å². The van der Waals surface area contributed by atoms with Crippen LogP contribution in [0.3, 0.4) is 0 Å². The van der Waals surface area contributed by atoms with E-state index in [1.54, 1.807) is 25.1 Å². The average molecular weight is 397 g/mol. The molecule has 0 spiro atoms. The van der Waals surface area contributed by atoms with Crippen LogP contribution in [0.1, 0.15) is 31.9 Å². The molecule has 0 aliphatic heterocycles. The van der Waals surface area contributed by atoms with Crippen molar-refractivity contribution in [2.75, 3.05) is 14.2 Å². The van der Waals surface area contributed by atoms with Gasteiger partial charge in [-0.3, -0.25) is 0 Å². The molecule has 0 amide bonds. The van der Waals surface area contributed by atoms with Crippen molar-refractivity contribution < 1.29 is 9.47 Å². The molecule has 3 rings (SSSR count). The molecular weight excluding hydrogens is 372 g/mol. The summed E-state index contributed by atoms with van der Waals surface area (Å²) in [4.78, 5) is 0. The van der Waals surface area contributed by atoms with Crippen LogP contribution >= 0.6 is 12.2 Å². The highest BCUT2D eigenvalue weighted by Gasteiger charge is 2.15. The van der Waals surface area contributed by atoms with Gasteiger partial charge in [-0.25, -0.2) is 5.10 Å². The van der Waals surface area contributed by atoms with Crippen LogP contribution in [-0.4, -0.2) is 35.3 Å². The number of H-pyrrole nitrogens is 1. The number of benzene rings is 2. The van der Waals surface area contributed by atoms with Crippen LogP contribution in [0.4, 0.5) is 0 Å². The number of aromatic amines is 1. The predicted octanol–water partition coefficient (Wildman–Crippen LogP) is 4.80. The van der Waals surface area contributed by atoms with Crippen LogP contribution in [0.25, 0.3) is 11.4 Å². The monoisotopic (exact) mass is 396 g/mol. The Labute approximate surface area is 169 Å². The van der Waals surface area contributed by atoms with Crippen LogP contribution in [0.2, 0.25) is 0 Å². The van der Waals surface area contributed by atoms with Gasteiger partial charge in [0.1, 0.15) is 11.5 Å². The molecule has 146 valence electrons. The SMILES string of the molecule is COc1ccc(C=Nn2c(-c3ccc(C(C)(C)C)cc3)n[nH]c2=S)c(OC)c1. The molecule has 0 radical (unpaired) electrons. The zero-order valence-electron chi connectivity index (χ0n) is 16.7. The van der Waals surface area contributed by atoms with Crippen LogP contribution < -0.4 is 9.47 Å². The summed E-state index contributed by atoms with van der Waals surface area (Å²) in [6.45, 7) is 6.56. The van der Waals surface area contributed by atoms with Gasteiger partial charge in [0.05, 0.1) is 20.4 Å². The molecule has 7 heteroatoms. The summed E-state index contributed by atoms with van der Waals surface area (Å²) in [7, 11) is 3.22. The summed E-state index contributed by atoms with van der Waals surface area (Å²) in [6.07, 6.45) is 1.69. The largest absolute Gasteiger partial charge is 0.497 e. The summed E-state index contributed by atoms with van der Waals surface area (Å²) in [5.41, 5.74) is 3.08. The van der Waals surface area contributed by atoms with E-state index in [9.17, 15) is 0 Å². The van der Waals surface area contributed by atoms with Crippen LogP contribution in [0.5, 0.6) is 11.5 Å². The molecule has 0 aliphatic rings. The van der Waals surface area contributed by atoms with E-state index >= 15 is 0 Å². The van der Waals surface area contributed by atoms with Crippen molar-refractivity contribution in [2.24, 2.45) is 5.10 Å². The summed E-state index contributed by atoms with van der Waals surface area (Å²) >= 11 is 5.35. The average Bonchev–Trinajstić information content (AvgIpc) is 3.06. The first-order chi connectivity index (χ1) is 13.3. The smallest absolute Gasteiger partial charge is 0.216 e. The molecule has 1 heterocycles. The highest BCUT2D eigenvalue weighted by Crippen LogP contribution is 2.26. The van der Waals surface area contributed by atoms with Crippen molar-refractivity contribution in [1.82, 2.24) is 14.9 Å². The number of hydrogen-bond acceptors (Lipinski definition) is 5. The second kappa shape index (κ2) is 7.98. The standard InChI is InChI=1S/C21H24N4O2S/c1-21(2,3)16-9-6-14(7-10-16)19-23-24-20(28)25(19)22-13-15-8-11-17(26-4)12-18(15)27-5/h6-13H,1-5H3,(H,24,28). The van der Waals surface area contributed by atoms with Crippen LogP contribution in [-0.2, 0) is 5.41 Å². The lowest BCUT2D eigenvalue weighted by Gasteiger charge is -2.18. The Morgan fingerprint density at radius 1 is 1.07 bits per heavy atom. The maximum Gasteiger partial charge on any atom is 0.216 e. The molecule has 6 nitrogen and oxygen atoms in total. The summed E-state index contributed by atoms with van der Waals surface area (Å²) < 4.78 is 12.7. The Kier molecular flexibility index (Phi) is 5.65. The summed E-state index contributed by atoms with van der Waals surface area (Å²) in [5, 5.41) is 11.7. The zero-order chi connectivity index (χ0) is 20.3. The van der Waals surface area contributed by atoms with E-state index in [2.05, 4.69) is 48.2 Å². The fourth-order valence-electron chi connectivity index (χ4n) is 2.75. The topological polar surface area (TPSA) is 64.4 Å². The molecule has 0 saturated carbocycles. The zero-order valence-corrected chi connectivity index (χ0v) is 17.5. The third-order valence-corrected chi connectivity index (χ3v) is 4.68. The predicted molar refractivity (Wildman–Crippen MR) is 114 cm³/mol. The number of hydrogen-bond donors (Lipinski definition) is 1. The second-order valence-electron chi connectivity index (χ2n) is 7.34. The molecule has 0 saturated heterocycles. The van der Waals surface area contributed by atoms with Gasteiger partial charge >= 0.3 is 0 Å². The highest BCUT2D eigenvalue weighted by atomic mass is 32.1. The lowest BCUT2D eigenvalue weighted by atomic mass is 9.87. The number of nitrogens with zero attached hydrogens (tertiary/aromatic N) is 3. The Morgan fingerprint density at radius 3 is 2.39 bits per heavy atom. The van der Waals surface area contributed by atoms with Crippen molar-refractivity contribution in [1.29, 1.82) is 0 Å². The molecule has 0 aliphatic carbocycles. The van der Waals surface area contributed by atoms with Crippen molar-refractivity contribution in [3.8, 4) is 22.9 Å². The number of aromatic nitrogens is 3. The molecule has 3 aromatic rings. The van der Waals surface area contributed by atoms with Crippen molar-refractivity contribution >= 4 is 18.4 Å². The normalized spacial score (nSPS) is 11.8. The molecule has 1 aromatic heterocycles. The minimum atomic E-state index is 0.0896. The molecule has 0 bridgehead atoms. The van der Waals surface area contributed by atoms with E-state index in [1.165, 1.54) is 5.56 Å². The van der Waals surface area contributed by atoms with Gasteiger partial charge in [0, 0.05) is 17.2 Å². The van der Waals surface area contributed by atoms with Gasteiger partial charge in [0.25, 0.3) is 0 Å². The fourth-order valence-corrected chi connectivity index (χ4v) is 2.93. The molecular formula is C21H24N4O2S. The molecule has 1 N–H and O–H groups in total. The third-order valence-electron chi connectivity index (χ3n) is 4.41. The number of rotatable bonds is 5. The minimum absolute atomic E-state index is 0.0896. The van der Waals surface area contributed by atoms with Crippen molar-refractivity contribution in [3.63, 3.8) is 0 Å². The van der Waals surface area contributed by atoms with Gasteiger partial charge in [-0.1, -0.05) is 45.0 Å². The number of methoxy groups -OCH3 is 2. The van der Waals surface area contributed by atoms with E-state index in [1.807, 2.05) is 30.3 Å². The molecule has 28 heavy (non-hydrogen) atoms. The first-order valence-corrected chi connectivity index (χ1v) is 9.29. The summed E-state index contributed by atoms with van der Waals surface area (Å²) in [5.74, 6) is 2.02. The van der Waals surface area contributed by atoms with Crippen LogP contribution in [0, 0.1) is 4.77 Å². The van der Waals surface area contributed by atoms with Gasteiger partial charge in [-0.15, -0.1) is 0 Å². The van der Waals surface area contributed by atoms with Crippen molar-refractivity contribution in [2.45, 2.75) is 26.2 Å². The Morgan fingerprint density at radius 2 is 1.79 bits per heavy atom. The first-order valence-electron chi connectivity index (χ1n) is 8.88. The van der Waals surface area contributed by atoms with E-state index in [0.29, 0.717) is 22.1 Å². The van der Waals surface area contributed by atoms with Gasteiger partial charge in [-0.2, -0.15) is 14.9 Å². The number of ether oxygens (including phenoxy) is 2. The molecule has 0 atom stereocenters.